The molecular formula is C19H24N3O2+. The Balaban J connectivity index is 2.01. The second-order valence-corrected chi connectivity index (χ2v) is 5.94. The van der Waals surface area contributed by atoms with Crippen molar-refractivity contribution >= 4 is 11.9 Å². The molecule has 126 valence electrons. The average Bonchev–Trinajstić information content (AvgIpc) is 2.59. The molecule has 5 N–H and O–H groups in total. The zero-order chi connectivity index (χ0) is 17.4. The summed E-state index contributed by atoms with van der Waals surface area (Å²) in [4.78, 5) is 23.3. The van der Waals surface area contributed by atoms with E-state index in [0.29, 0.717) is 0 Å². The molecule has 2 atom stereocenters. The van der Waals surface area contributed by atoms with Gasteiger partial charge in [0.2, 0.25) is 0 Å². The second kappa shape index (κ2) is 8.84. The third-order valence-corrected chi connectivity index (χ3v) is 3.94. The number of imide groups is 1. The first-order valence-electron chi connectivity index (χ1n) is 8.10. The van der Waals surface area contributed by atoms with E-state index in [2.05, 4.69) is 24.4 Å². The number of quaternary nitrogens is 1. The number of hydrogen-bond acceptors (Lipinski definition) is 2. The van der Waals surface area contributed by atoms with Crippen molar-refractivity contribution in [2.75, 3.05) is 0 Å². The van der Waals surface area contributed by atoms with Crippen LogP contribution in [0.4, 0.5) is 4.79 Å². The molecule has 0 aliphatic heterocycles. The van der Waals surface area contributed by atoms with E-state index >= 15 is 0 Å². The first-order valence-corrected chi connectivity index (χ1v) is 8.10. The average molecular weight is 326 g/mol. The van der Waals surface area contributed by atoms with Gasteiger partial charge in [0.1, 0.15) is 0 Å². The largest absolute Gasteiger partial charge is 0.351 e. The number of amides is 3. The van der Waals surface area contributed by atoms with Crippen LogP contribution < -0.4 is 16.4 Å². The maximum Gasteiger partial charge on any atom is 0.319 e. The minimum Gasteiger partial charge on any atom is -0.351 e. The maximum absolute atomic E-state index is 12.3. The third kappa shape index (κ3) is 5.52. The quantitative estimate of drug-likeness (QED) is 0.720. The fourth-order valence-electron chi connectivity index (χ4n) is 2.67. The molecule has 5 nitrogen and oxygen atoms in total. The Labute approximate surface area is 142 Å². The van der Waals surface area contributed by atoms with Crippen molar-refractivity contribution in [3.05, 3.63) is 71.8 Å². The number of nitrogens with two attached hydrogens (primary N) is 2. The van der Waals surface area contributed by atoms with Gasteiger partial charge in [0.15, 0.2) is 6.04 Å². The van der Waals surface area contributed by atoms with Crippen LogP contribution in [0.15, 0.2) is 60.7 Å². The summed E-state index contributed by atoms with van der Waals surface area (Å²) in [5.41, 5.74) is 7.21. The Bertz CT molecular complexity index is 659. The highest BCUT2D eigenvalue weighted by Gasteiger charge is 2.27. The van der Waals surface area contributed by atoms with Gasteiger partial charge in [-0.2, -0.15) is 0 Å². The van der Waals surface area contributed by atoms with E-state index in [1.807, 2.05) is 53.8 Å². The molecule has 24 heavy (non-hydrogen) atoms. The zero-order valence-corrected chi connectivity index (χ0v) is 13.8. The molecule has 0 aromatic heterocycles. The van der Waals surface area contributed by atoms with Crippen molar-refractivity contribution in [2.45, 2.75) is 31.8 Å². The summed E-state index contributed by atoms with van der Waals surface area (Å²) < 4.78 is 0. The highest BCUT2D eigenvalue weighted by Crippen LogP contribution is 2.10. The van der Waals surface area contributed by atoms with Crippen LogP contribution in [0.1, 0.15) is 30.5 Å². The van der Waals surface area contributed by atoms with E-state index < -0.39 is 12.1 Å². The molecule has 0 unspecified atom stereocenters. The number of carbonyl (C=O) groups excluding carboxylic acids is 2. The number of nitrogens with one attached hydrogen (secondary N) is 1. The number of benzene rings is 2. The minimum atomic E-state index is -0.828. The van der Waals surface area contributed by atoms with Gasteiger partial charge >= 0.3 is 6.03 Å². The molecule has 0 heterocycles. The summed E-state index contributed by atoms with van der Waals surface area (Å²) in [6.07, 6.45) is 1.87. The number of primary amides is 1. The number of carbonyl (C=O) groups is 2. The number of hydrogen-bond donors (Lipinski definition) is 3. The third-order valence-electron chi connectivity index (χ3n) is 3.94. The molecule has 5 heteroatoms. The lowest BCUT2D eigenvalue weighted by atomic mass is 10.0. The van der Waals surface area contributed by atoms with E-state index in [0.717, 1.165) is 18.4 Å². The fraction of sp³-hybridized carbons (Fsp3) is 0.263. The van der Waals surface area contributed by atoms with E-state index in [4.69, 9.17) is 5.73 Å². The van der Waals surface area contributed by atoms with Gasteiger partial charge in [-0.1, -0.05) is 60.7 Å². The molecule has 0 bridgehead atoms. The van der Waals surface area contributed by atoms with Crippen LogP contribution in [0.25, 0.3) is 0 Å². The van der Waals surface area contributed by atoms with Crippen molar-refractivity contribution in [2.24, 2.45) is 5.73 Å². The number of rotatable bonds is 7. The van der Waals surface area contributed by atoms with Gasteiger partial charge in [0.25, 0.3) is 5.91 Å². The number of urea groups is 1. The molecule has 0 aliphatic carbocycles. The van der Waals surface area contributed by atoms with Gasteiger partial charge in [0, 0.05) is 12.0 Å². The molecule has 0 saturated carbocycles. The van der Waals surface area contributed by atoms with Crippen molar-refractivity contribution in [3.63, 3.8) is 0 Å². The molecule has 3 amide bonds. The minimum absolute atomic E-state index is 0.217. The second-order valence-electron chi connectivity index (χ2n) is 5.94. The summed E-state index contributed by atoms with van der Waals surface area (Å²) in [6.45, 7) is 2.08. The Morgan fingerprint density at radius 3 is 2.21 bits per heavy atom. The van der Waals surface area contributed by atoms with Gasteiger partial charge in [-0.25, -0.2) is 4.79 Å². The predicted molar refractivity (Wildman–Crippen MR) is 93.1 cm³/mol. The summed E-state index contributed by atoms with van der Waals surface area (Å²) in [7, 11) is 0. The van der Waals surface area contributed by atoms with Gasteiger partial charge in [0.05, 0.1) is 6.04 Å². The van der Waals surface area contributed by atoms with Crippen LogP contribution in [0, 0.1) is 0 Å². The fourth-order valence-corrected chi connectivity index (χ4v) is 2.67. The molecule has 0 spiro atoms. The maximum atomic E-state index is 12.3. The Hall–Kier alpha value is -2.66. The van der Waals surface area contributed by atoms with E-state index in [1.54, 1.807) is 0 Å². The van der Waals surface area contributed by atoms with E-state index in [1.165, 1.54) is 5.56 Å². The number of aryl methyl sites for hydroxylation is 1. The van der Waals surface area contributed by atoms with Crippen LogP contribution in [0.5, 0.6) is 0 Å². The van der Waals surface area contributed by atoms with Gasteiger partial charge in [-0.05, 0) is 18.9 Å². The lowest BCUT2D eigenvalue weighted by Gasteiger charge is -2.19. The van der Waals surface area contributed by atoms with Crippen molar-refractivity contribution in [3.8, 4) is 0 Å². The predicted octanol–water partition coefficient (Wildman–Crippen LogP) is 1.51. The summed E-state index contributed by atoms with van der Waals surface area (Å²) in [5, 5.41) is 4.17. The Kier molecular flexibility index (Phi) is 6.51. The lowest BCUT2D eigenvalue weighted by molar-refractivity contribution is -0.713. The molecule has 2 aromatic carbocycles. The lowest BCUT2D eigenvalue weighted by Crippen LogP contribution is -2.92. The normalized spacial score (nSPS) is 13.0. The highest BCUT2D eigenvalue weighted by atomic mass is 16.2. The van der Waals surface area contributed by atoms with E-state index in [9.17, 15) is 9.59 Å². The summed E-state index contributed by atoms with van der Waals surface area (Å²) in [5.74, 6) is -0.389. The van der Waals surface area contributed by atoms with Gasteiger partial charge in [-0.3, -0.25) is 10.1 Å². The van der Waals surface area contributed by atoms with Crippen LogP contribution >= 0.6 is 0 Å². The Morgan fingerprint density at radius 1 is 1.04 bits per heavy atom. The van der Waals surface area contributed by atoms with Crippen LogP contribution in [0.3, 0.4) is 0 Å². The Morgan fingerprint density at radius 2 is 1.62 bits per heavy atom. The monoisotopic (exact) mass is 326 g/mol. The van der Waals surface area contributed by atoms with Crippen molar-refractivity contribution in [1.82, 2.24) is 5.32 Å². The van der Waals surface area contributed by atoms with Crippen LogP contribution in [-0.2, 0) is 11.2 Å². The van der Waals surface area contributed by atoms with E-state index in [-0.39, 0.29) is 11.9 Å². The molecule has 2 rings (SSSR count). The first-order chi connectivity index (χ1) is 11.6. The highest BCUT2D eigenvalue weighted by molar-refractivity contribution is 5.96. The van der Waals surface area contributed by atoms with Crippen molar-refractivity contribution in [1.29, 1.82) is 0 Å². The zero-order valence-electron chi connectivity index (χ0n) is 13.8. The first kappa shape index (κ1) is 17.7. The molecule has 0 saturated heterocycles. The smallest absolute Gasteiger partial charge is 0.319 e. The molecular weight excluding hydrogens is 302 g/mol. The van der Waals surface area contributed by atoms with Crippen LogP contribution in [-0.4, -0.2) is 18.0 Å². The molecule has 0 radical (unpaired) electrons. The molecule has 2 aromatic rings. The summed E-state index contributed by atoms with van der Waals surface area (Å²) >= 11 is 0. The SMILES string of the molecule is C[C@@H](CCc1ccccc1)[NH2+][C@@H](C(=O)NC(N)=O)c1ccccc1. The standard InChI is InChI=1S/C19H23N3O2/c1-14(12-13-15-8-4-2-5-9-15)21-17(18(23)22-19(20)24)16-10-6-3-7-11-16/h2-11,14,17,21H,12-13H2,1H3,(H3,20,22,23,24)/p+1/t14-,17+/m0/s1. The van der Waals surface area contributed by atoms with Crippen molar-refractivity contribution < 1.29 is 14.9 Å². The summed E-state index contributed by atoms with van der Waals surface area (Å²) in [6, 6.07) is 18.5. The molecule has 0 aliphatic rings. The van der Waals surface area contributed by atoms with Crippen LogP contribution in [0.2, 0.25) is 0 Å². The van der Waals surface area contributed by atoms with Gasteiger partial charge < -0.3 is 11.1 Å². The van der Waals surface area contributed by atoms with Gasteiger partial charge in [-0.15, -0.1) is 0 Å². The molecule has 0 fully saturated rings. The topological polar surface area (TPSA) is 88.8 Å².